The average Bonchev–Trinajstić information content (AvgIpc) is 2.69. The van der Waals surface area contributed by atoms with Crippen molar-refractivity contribution in [2.45, 2.75) is 33.0 Å². The summed E-state index contributed by atoms with van der Waals surface area (Å²) in [5.74, 6) is 0. The van der Waals surface area contributed by atoms with E-state index in [0.717, 1.165) is 32.7 Å². The molecular weight excluding hydrogens is 188 g/mol. The minimum Gasteiger partial charge on any atom is -0.314 e. The molecule has 0 aromatic carbocycles. The summed E-state index contributed by atoms with van der Waals surface area (Å²) in [6, 6.07) is 2.75. The van der Waals surface area contributed by atoms with Gasteiger partial charge in [0, 0.05) is 45.0 Å². The molecule has 0 radical (unpaired) electrons. The van der Waals surface area contributed by atoms with Gasteiger partial charge in [-0.2, -0.15) is 5.10 Å². The monoisotopic (exact) mass is 208 g/mol. The second kappa shape index (κ2) is 4.77. The number of piperazine rings is 1. The molecule has 4 heteroatoms. The minimum absolute atomic E-state index is 0.624. The summed E-state index contributed by atoms with van der Waals surface area (Å²) in [6.07, 6.45) is 1.89. The molecule has 1 aromatic rings. The van der Waals surface area contributed by atoms with E-state index in [1.54, 1.807) is 0 Å². The zero-order valence-corrected chi connectivity index (χ0v) is 9.61. The summed E-state index contributed by atoms with van der Waals surface area (Å²) in [6.45, 7) is 9.73. The van der Waals surface area contributed by atoms with Crippen molar-refractivity contribution in [1.29, 1.82) is 0 Å². The molecule has 1 aromatic heterocycles. The molecular formula is C11H20N4. The number of hydrogen-bond donors (Lipinski definition) is 1. The highest BCUT2D eigenvalue weighted by molar-refractivity contribution is 5.01. The summed E-state index contributed by atoms with van der Waals surface area (Å²) >= 11 is 0. The molecule has 2 rings (SSSR count). The lowest BCUT2D eigenvalue weighted by molar-refractivity contribution is 0.161. The Morgan fingerprint density at radius 2 is 2.47 bits per heavy atom. The first-order chi connectivity index (χ1) is 7.31. The van der Waals surface area contributed by atoms with Crippen molar-refractivity contribution in [3.63, 3.8) is 0 Å². The van der Waals surface area contributed by atoms with Gasteiger partial charge in [0.1, 0.15) is 0 Å². The van der Waals surface area contributed by atoms with Gasteiger partial charge in [-0.15, -0.1) is 0 Å². The fourth-order valence-corrected chi connectivity index (χ4v) is 2.11. The van der Waals surface area contributed by atoms with Crippen LogP contribution in [-0.4, -0.2) is 40.4 Å². The molecule has 1 N–H and O–H groups in total. The highest BCUT2D eigenvalue weighted by atomic mass is 15.3. The van der Waals surface area contributed by atoms with E-state index < -0.39 is 0 Å². The van der Waals surface area contributed by atoms with Crippen LogP contribution < -0.4 is 5.32 Å². The summed E-state index contributed by atoms with van der Waals surface area (Å²) < 4.78 is 2.08. The molecule has 84 valence electrons. The molecule has 1 fully saturated rings. The molecule has 0 amide bonds. The molecule has 1 atom stereocenters. The standard InChI is InChI=1S/C11H20N4/c1-3-15-11(4-5-13-15)9-14-7-6-12-8-10(14)2/h4-5,10,12H,3,6-9H2,1-2H3. The van der Waals surface area contributed by atoms with Gasteiger partial charge in [0.15, 0.2) is 0 Å². The Kier molecular flexibility index (Phi) is 3.38. The molecule has 15 heavy (non-hydrogen) atoms. The van der Waals surface area contributed by atoms with E-state index >= 15 is 0 Å². The number of nitrogens with one attached hydrogen (secondary N) is 1. The lowest BCUT2D eigenvalue weighted by Crippen LogP contribution is -2.49. The highest BCUT2D eigenvalue weighted by Crippen LogP contribution is 2.09. The second-order valence-electron chi connectivity index (χ2n) is 4.16. The van der Waals surface area contributed by atoms with Crippen molar-refractivity contribution in [1.82, 2.24) is 20.0 Å². The third kappa shape index (κ3) is 2.38. The minimum atomic E-state index is 0.624. The predicted octanol–water partition coefficient (Wildman–Crippen LogP) is 0.697. The van der Waals surface area contributed by atoms with E-state index in [4.69, 9.17) is 0 Å². The van der Waals surface area contributed by atoms with Crippen molar-refractivity contribution in [3.8, 4) is 0 Å². The number of aromatic nitrogens is 2. The van der Waals surface area contributed by atoms with Crippen LogP contribution in [0.3, 0.4) is 0 Å². The fraction of sp³-hybridized carbons (Fsp3) is 0.727. The maximum Gasteiger partial charge on any atom is 0.0524 e. The Morgan fingerprint density at radius 1 is 1.60 bits per heavy atom. The zero-order chi connectivity index (χ0) is 10.7. The van der Waals surface area contributed by atoms with E-state index in [0.29, 0.717) is 6.04 Å². The van der Waals surface area contributed by atoms with Crippen molar-refractivity contribution in [2.24, 2.45) is 0 Å². The summed E-state index contributed by atoms with van der Waals surface area (Å²) in [5.41, 5.74) is 1.33. The van der Waals surface area contributed by atoms with Crippen LogP contribution in [0.1, 0.15) is 19.5 Å². The van der Waals surface area contributed by atoms with Crippen molar-refractivity contribution < 1.29 is 0 Å². The van der Waals surface area contributed by atoms with E-state index in [2.05, 4.69) is 39.9 Å². The van der Waals surface area contributed by atoms with Gasteiger partial charge < -0.3 is 5.32 Å². The van der Waals surface area contributed by atoms with Crippen LogP contribution in [0.15, 0.2) is 12.3 Å². The highest BCUT2D eigenvalue weighted by Gasteiger charge is 2.18. The fourth-order valence-electron chi connectivity index (χ4n) is 2.11. The van der Waals surface area contributed by atoms with Gasteiger partial charge in [0.25, 0.3) is 0 Å². The molecule has 1 aliphatic heterocycles. The van der Waals surface area contributed by atoms with Crippen LogP contribution in [0.5, 0.6) is 0 Å². The summed E-state index contributed by atoms with van der Waals surface area (Å²) in [7, 11) is 0. The van der Waals surface area contributed by atoms with Crippen LogP contribution >= 0.6 is 0 Å². The molecule has 2 heterocycles. The maximum absolute atomic E-state index is 4.30. The van der Waals surface area contributed by atoms with Crippen molar-refractivity contribution >= 4 is 0 Å². The topological polar surface area (TPSA) is 33.1 Å². The number of rotatable bonds is 3. The van der Waals surface area contributed by atoms with Crippen molar-refractivity contribution in [3.05, 3.63) is 18.0 Å². The van der Waals surface area contributed by atoms with E-state index in [9.17, 15) is 0 Å². The smallest absolute Gasteiger partial charge is 0.0524 e. The molecule has 0 saturated carbocycles. The third-order valence-corrected chi connectivity index (χ3v) is 3.11. The zero-order valence-electron chi connectivity index (χ0n) is 9.61. The molecule has 1 saturated heterocycles. The predicted molar refractivity (Wildman–Crippen MR) is 60.6 cm³/mol. The van der Waals surface area contributed by atoms with Gasteiger partial charge >= 0.3 is 0 Å². The summed E-state index contributed by atoms with van der Waals surface area (Å²) in [5, 5.41) is 7.71. The van der Waals surface area contributed by atoms with Gasteiger partial charge in [-0.25, -0.2) is 0 Å². The molecule has 0 spiro atoms. The van der Waals surface area contributed by atoms with Crippen LogP contribution in [0.4, 0.5) is 0 Å². The second-order valence-corrected chi connectivity index (χ2v) is 4.16. The number of nitrogens with zero attached hydrogens (tertiary/aromatic N) is 3. The SMILES string of the molecule is CCn1nccc1CN1CCNCC1C. The lowest BCUT2D eigenvalue weighted by atomic mass is 10.2. The van der Waals surface area contributed by atoms with Crippen LogP contribution in [0.2, 0.25) is 0 Å². The van der Waals surface area contributed by atoms with Crippen molar-refractivity contribution in [2.75, 3.05) is 19.6 Å². The van der Waals surface area contributed by atoms with Gasteiger partial charge in [0.2, 0.25) is 0 Å². The quantitative estimate of drug-likeness (QED) is 0.793. The van der Waals surface area contributed by atoms with Gasteiger partial charge in [0.05, 0.1) is 5.69 Å². The Hall–Kier alpha value is -0.870. The summed E-state index contributed by atoms with van der Waals surface area (Å²) in [4.78, 5) is 2.51. The molecule has 0 bridgehead atoms. The molecule has 1 aliphatic rings. The normalized spacial score (nSPS) is 23.2. The van der Waals surface area contributed by atoms with Crippen LogP contribution in [0.25, 0.3) is 0 Å². The van der Waals surface area contributed by atoms with Gasteiger partial charge in [-0.3, -0.25) is 9.58 Å². The Labute approximate surface area is 91.3 Å². The van der Waals surface area contributed by atoms with Gasteiger partial charge in [-0.1, -0.05) is 0 Å². The van der Waals surface area contributed by atoms with E-state index in [1.165, 1.54) is 5.69 Å². The molecule has 0 aliphatic carbocycles. The lowest BCUT2D eigenvalue weighted by Gasteiger charge is -2.33. The Morgan fingerprint density at radius 3 is 3.20 bits per heavy atom. The van der Waals surface area contributed by atoms with E-state index in [1.807, 2.05) is 6.20 Å². The van der Waals surface area contributed by atoms with Crippen LogP contribution in [0, 0.1) is 0 Å². The Bertz CT molecular complexity index is 307. The largest absolute Gasteiger partial charge is 0.314 e. The van der Waals surface area contributed by atoms with Crippen LogP contribution in [-0.2, 0) is 13.1 Å². The van der Waals surface area contributed by atoms with Gasteiger partial charge in [-0.05, 0) is 19.9 Å². The molecule has 1 unspecified atom stereocenters. The molecule has 4 nitrogen and oxygen atoms in total. The number of hydrogen-bond acceptors (Lipinski definition) is 3. The van der Waals surface area contributed by atoms with E-state index in [-0.39, 0.29) is 0 Å². The average molecular weight is 208 g/mol. The Balaban J connectivity index is 2.01. The third-order valence-electron chi connectivity index (χ3n) is 3.11. The first kappa shape index (κ1) is 10.6. The first-order valence-electron chi connectivity index (χ1n) is 5.76. The maximum atomic E-state index is 4.30. The first-order valence-corrected chi connectivity index (χ1v) is 5.76. The number of aryl methyl sites for hydroxylation is 1.